The molecule has 0 aliphatic carbocycles. The highest BCUT2D eigenvalue weighted by atomic mass is 79.9. The molecule has 2 heterocycles. The predicted molar refractivity (Wildman–Crippen MR) is 103 cm³/mol. The Bertz CT molecular complexity index is 760. The number of nitrogens with zero attached hydrogens (tertiary/aromatic N) is 5. The smallest absolute Gasteiger partial charge is 0.225 e. The van der Waals surface area contributed by atoms with Crippen molar-refractivity contribution in [3.8, 4) is 12.3 Å². The molecule has 1 fully saturated rings. The molecule has 0 amide bonds. The van der Waals surface area contributed by atoms with E-state index in [1.807, 2.05) is 35.2 Å². The van der Waals surface area contributed by atoms with Crippen LogP contribution < -0.4 is 10.6 Å². The van der Waals surface area contributed by atoms with Crippen LogP contribution in [0.5, 0.6) is 0 Å². The average Bonchev–Trinajstić information content (AvgIpc) is 2.67. The van der Waals surface area contributed by atoms with Gasteiger partial charge in [-0.1, -0.05) is 34.0 Å². The maximum absolute atomic E-state index is 6.20. The molecule has 1 aliphatic rings. The van der Waals surface area contributed by atoms with Crippen molar-refractivity contribution < 1.29 is 0 Å². The molecule has 0 spiro atoms. The highest BCUT2D eigenvalue weighted by molar-refractivity contribution is 9.10. The van der Waals surface area contributed by atoms with E-state index in [1.54, 1.807) is 12.4 Å². The zero-order valence-electron chi connectivity index (χ0n) is 13.7. The summed E-state index contributed by atoms with van der Waals surface area (Å²) in [4.78, 5) is 17.3. The summed E-state index contributed by atoms with van der Waals surface area (Å²) in [6.45, 7) is 3.09. The largest absolute Gasteiger partial charge is 0.370 e. The minimum atomic E-state index is -0.386. The van der Waals surface area contributed by atoms with E-state index < -0.39 is 0 Å². The summed E-state index contributed by atoms with van der Waals surface area (Å²) in [5, 5.41) is 0. The van der Waals surface area contributed by atoms with E-state index in [2.05, 4.69) is 41.7 Å². The first-order valence-corrected chi connectivity index (χ1v) is 8.78. The second-order valence-corrected chi connectivity index (χ2v) is 6.55. The third-order valence-electron chi connectivity index (χ3n) is 4.04. The fourth-order valence-electron chi connectivity index (χ4n) is 2.66. The molecule has 128 valence electrons. The molecule has 2 aromatic rings. The maximum Gasteiger partial charge on any atom is 0.225 e. The van der Waals surface area contributed by atoms with Crippen LogP contribution in [0.4, 0.5) is 5.95 Å². The lowest BCUT2D eigenvalue weighted by atomic mass is 10.1. The first-order valence-electron chi connectivity index (χ1n) is 7.99. The monoisotopic (exact) mass is 398 g/mol. The third-order valence-corrected chi connectivity index (χ3v) is 4.57. The summed E-state index contributed by atoms with van der Waals surface area (Å²) >= 11 is 3.42. The highest BCUT2D eigenvalue weighted by Gasteiger charge is 2.20. The van der Waals surface area contributed by atoms with Crippen LogP contribution in [0.15, 0.2) is 52.2 Å². The summed E-state index contributed by atoms with van der Waals surface area (Å²) in [5.74, 6) is 3.92. The second-order valence-electron chi connectivity index (χ2n) is 5.63. The molecule has 1 saturated heterocycles. The molecular formula is C18H19BrN6. The molecule has 1 aliphatic heterocycles. The van der Waals surface area contributed by atoms with Gasteiger partial charge in [0.1, 0.15) is 6.04 Å². The summed E-state index contributed by atoms with van der Waals surface area (Å²) in [7, 11) is 0. The first-order chi connectivity index (χ1) is 12.2. The zero-order chi connectivity index (χ0) is 17.6. The number of nitrogens with two attached hydrogens (primary N) is 1. The van der Waals surface area contributed by atoms with Crippen LogP contribution >= 0.6 is 15.9 Å². The molecule has 1 aromatic carbocycles. The van der Waals surface area contributed by atoms with Gasteiger partial charge in [-0.3, -0.25) is 0 Å². The van der Waals surface area contributed by atoms with E-state index in [9.17, 15) is 0 Å². The lowest BCUT2D eigenvalue weighted by Gasteiger charge is -2.35. The van der Waals surface area contributed by atoms with Crippen molar-refractivity contribution in [1.82, 2.24) is 14.9 Å². The highest BCUT2D eigenvalue weighted by Crippen LogP contribution is 2.20. The number of benzene rings is 1. The molecule has 25 heavy (non-hydrogen) atoms. The molecule has 1 aromatic heterocycles. The van der Waals surface area contributed by atoms with Crippen LogP contribution in [0.3, 0.4) is 0 Å². The average molecular weight is 399 g/mol. The van der Waals surface area contributed by atoms with Gasteiger partial charge in [0.25, 0.3) is 0 Å². The van der Waals surface area contributed by atoms with Gasteiger partial charge in [0.2, 0.25) is 5.95 Å². The quantitative estimate of drug-likeness (QED) is 0.486. The zero-order valence-corrected chi connectivity index (χ0v) is 15.3. The van der Waals surface area contributed by atoms with Crippen molar-refractivity contribution in [3.63, 3.8) is 0 Å². The summed E-state index contributed by atoms with van der Waals surface area (Å²) < 4.78 is 1.00. The van der Waals surface area contributed by atoms with Gasteiger partial charge in [-0.25, -0.2) is 15.0 Å². The van der Waals surface area contributed by atoms with E-state index in [0.717, 1.165) is 42.2 Å². The van der Waals surface area contributed by atoms with Gasteiger partial charge < -0.3 is 15.5 Å². The number of hydrogen-bond donors (Lipinski definition) is 1. The Kier molecular flexibility index (Phi) is 5.51. The Morgan fingerprint density at radius 1 is 1.16 bits per heavy atom. The molecule has 6 nitrogen and oxygen atoms in total. The van der Waals surface area contributed by atoms with Crippen LogP contribution in [0.2, 0.25) is 0 Å². The van der Waals surface area contributed by atoms with Gasteiger partial charge >= 0.3 is 0 Å². The topological polar surface area (TPSA) is 70.6 Å². The summed E-state index contributed by atoms with van der Waals surface area (Å²) in [6.07, 6.45) is 9.15. The van der Waals surface area contributed by atoms with Gasteiger partial charge in [0.05, 0.1) is 0 Å². The number of piperazine rings is 1. The van der Waals surface area contributed by atoms with Gasteiger partial charge in [-0.2, -0.15) is 0 Å². The van der Waals surface area contributed by atoms with E-state index in [4.69, 9.17) is 12.2 Å². The molecule has 0 radical (unpaired) electrons. The Hall–Kier alpha value is -2.59. The van der Waals surface area contributed by atoms with E-state index in [-0.39, 0.29) is 6.04 Å². The van der Waals surface area contributed by atoms with Gasteiger partial charge in [0.15, 0.2) is 5.96 Å². The van der Waals surface area contributed by atoms with Crippen molar-refractivity contribution in [3.05, 3.63) is 52.8 Å². The fourth-order valence-corrected chi connectivity index (χ4v) is 2.92. The number of aliphatic imine (C=N–C) groups is 1. The molecule has 3 rings (SSSR count). The van der Waals surface area contributed by atoms with Crippen LogP contribution in [0.1, 0.15) is 11.6 Å². The first kappa shape index (κ1) is 17.2. The fraction of sp³-hybridized carbons (Fsp3) is 0.278. The standard InChI is InChI=1S/C18H19BrN6/c1-2-16(14-4-6-15(19)7-5-14)23-17(20)24-10-12-25(13-11-24)18-21-8-3-9-22-18/h1,3-9,16H,10-13H2,(H2,20,23). The van der Waals surface area contributed by atoms with Crippen LogP contribution in [0.25, 0.3) is 0 Å². The van der Waals surface area contributed by atoms with Crippen molar-refractivity contribution in [2.45, 2.75) is 6.04 Å². The van der Waals surface area contributed by atoms with Gasteiger partial charge in [0, 0.05) is 43.0 Å². The summed E-state index contributed by atoms with van der Waals surface area (Å²) in [6, 6.07) is 9.23. The van der Waals surface area contributed by atoms with Crippen LogP contribution in [-0.2, 0) is 0 Å². The Morgan fingerprint density at radius 3 is 2.40 bits per heavy atom. The molecule has 7 heteroatoms. The molecule has 0 saturated carbocycles. The number of hydrogen-bond acceptors (Lipinski definition) is 4. The molecule has 1 unspecified atom stereocenters. The van der Waals surface area contributed by atoms with Crippen molar-refractivity contribution in [2.75, 3.05) is 31.1 Å². The number of aromatic nitrogens is 2. The van der Waals surface area contributed by atoms with Crippen molar-refractivity contribution in [1.29, 1.82) is 0 Å². The Labute approximate surface area is 155 Å². The normalized spacial score (nSPS) is 16.4. The van der Waals surface area contributed by atoms with Crippen LogP contribution in [-0.4, -0.2) is 47.0 Å². The second kappa shape index (κ2) is 7.99. The number of guanidine groups is 1. The predicted octanol–water partition coefficient (Wildman–Crippen LogP) is 2.05. The minimum Gasteiger partial charge on any atom is -0.370 e. The Balaban J connectivity index is 1.65. The molecule has 0 bridgehead atoms. The maximum atomic E-state index is 6.20. The molecule has 1 atom stereocenters. The number of terminal acetylenes is 1. The SMILES string of the molecule is C#CC(N=C(N)N1CCN(c2ncccn2)CC1)c1ccc(Br)cc1. The number of rotatable bonds is 3. The van der Waals surface area contributed by atoms with Crippen molar-refractivity contribution in [2.24, 2.45) is 10.7 Å². The lowest BCUT2D eigenvalue weighted by Crippen LogP contribution is -2.51. The van der Waals surface area contributed by atoms with E-state index >= 15 is 0 Å². The van der Waals surface area contributed by atoms with Gasteiger partial charge in [-0.05, 0) is 23.8 Å². The van der Waals surface area contributed by atoms with Crippen molar-refractivity contribution >= 4 is 27.8 Å². The molecule has 2 N–H and O–H groups in total. The molecular weight excluding hydrogens is 380 g/mol. The Morgan fingerprint density at radius 2 is 1.80 bits per heavy atom. The number of anilines is 1. The van der Waals surface area contributed by atoms with Crippen LogP contribution in [0, 0.1) is 12.3 Å². The lowest BCUT2D eigenvalue weighted by molar-refractivity contribution is 0.377. The minimum absolute atomic E-state index is 0.386. The number of halogens is 1. The van der Waals surface area contributed by atoms with Gasteiger partial charge in [-0.15, -0.1) is 6.42 Å². The summed E-state index contributed by atoms with van der Waals surface area (Å²) in [5.41, 5.74) is 7.15. The van der Waals surface area contributed by atoms with E-state index in [1.165, 1.54) is 0 Å². The van der Waals surface area contributed by atoms with E-state index in [0.29, 0.717) is 5.96 Å². The third kappa shape index (κ3) is 4.28.